The lowest BCUT2D eigenvalue weighted by atomic mass is 9.86. The van der Waals surface area contributed by atoms with Gasteiger partial charge in [0.25, 0.3) is 0 Å². The van der Waals surface area contributed by atoms with Crippen molar-refractivity contribution in [3.8, 4) is 0 Å². The van der Waals surface area contributed by atoms with E-state index in [1.54, 1.807) is 12.1 Å². The maximum Gasteiger partial charge on any atom is 0.178 e. The van der Waals surface area contributed by atoms with Gasteiger partial charge in [-0.2, -0.15) is 0 Å². The van der Waals surface area contributed by atoms with Gasteiger partial charge in [-0.05, 0) is 43.5 Å². The van der Waals surface area contributed by atoms with Crippen LogP contribution in [0.1, 0.15) is 32.1 Å². The van der Waals surface area contributed by atoms with Crippen LogP contribution >= 0.6 is 11.6 Å². The summed E-state index contributed by atoms with van der Waals surface area (Å²) in [5, 5.41) is 0.515. The highest BCUT2D eigenvalue weighted by Crippen LogP contribution is 2.25. The Morgan fingerprint density at radius 3 is 2.47 bits per heavy atom. The summed E-state index contributed by atoms with van der Waals surface area (Å²) >= 11 is 5.74. The summed E-state index contributed by atoms with van der Waals surface area (Å²) < 4.78 is 24.3. The van der Waals surface area contributed by atoms with Crippen molar-refractivity contribution in [2.45, 2.75) is 37.0 Å². The lowest BCUT2D eigenvalue weighted by molar-refractivity contribution is -0.124. The number of rotatable bonds is 4. The first-order chi connectivity index (χ1) is 8.99. The highest BCUT2D eigenvalue weighted by atomic mass is 35.5. The van der Waals surface area contributed by atoms with E-state index in [-0.39, 0.29) is 22.3 Å². The molecule has 1 atom stereocenters. The molecule has 1 aromatic carbocycles. The van der Waals surface area contributed by atoms with E-state index in [1.807, 2.05) is 0 Å². The predicted octanol–water partition coefficient (Wildman–Crippen LogP) is 3.26. The van der Waals surface area contributed by atoms with Crippen LogP contribution in [0, 0.1) is 5.92 Å². The second kappa shape index (κ2) is 6.06. The Bertz CT molecular complexity index is 549. The van der Waals surface area contributed by atoms with E-state index in [1.165, 1.54) is 12.1 Å². The number of carbonyl (C=O) groups is 1. The molecule has 0 saturated heterocycles. The van der Waals surface area contributed by atoms with Gasteiger partial charge in [-0.25, -0.2) is 8.42 Å². The summed E-state index contributed by atoms with van der Waals surface area (Å²) in [5.41, 5.74) is 0. The average Bonchev–Trinajstić information content (AvgIpc) is 2.38. The first kappa shape index (κ1) is 14.5. The number of carbonyl (C=O) groups excluding carboxylic acids is 1. The van der Waals surface area contributed by atoms with Crippen LogP contribution in [-0.2, 0) is 14.6 Å². The van der Waals surface area contributed by atoms with E-state index >= 15 is 0 Å². The normalized spacial score (nSPS) is 20.5. The molecule has 0 bridgehead atoms. The minimum Gasteiger partial charge on any atom is -0.299 e. The molecule has 0 N–H and O–H groups in total. The third-order valence-corrected chi connectivity index (χ3v) is 5.60. The molecule has 1 aliphatic rings. The Balaban J connectivity index is 2.01. The van der Waals surface area contributed by atoms with Crippen LogP contribution in [0.25, 0.3) is 0 Å². The van der Waals surface area contributed by atoms with Crippen LogP contribution < -0.4 is 0 Å². The van der Waals surface area contributed by atoms with Crippen LogP contribution in [0.5, 0.6) is 0 Å². The second-order valence-electron chi connectivity index (χ2n) is 4.97. The smallest absolute Gasteiger partial charge is 0.178 e. The molecule has 19 heavy (non-hydrogen) atoms. The molecule has 1 saturated carbocycles. The number of sulfone groups is 1. The molecule has 0 heterocycles. The summed E-state index contributed by atoms with van der Waals surface area (Å²) in [7, 11) is -3.31. The van der Waals surface area contributed by atoms with E-state index in [0.717, 1.165) is 19.3 Å². The lowest BCUT2D eigenvalue weighted by Gasteiger charge is -2.20. The zero-order valence-corrected chi connectivity index (χ0v) is 12.2. The predicted molar refractivity (Wildman–Crippen MR) is 75.1 cm³/mol. The Morgan fingerprint density at radius 1 is 1.16 bits per heavy atom. The summed E-state index contributed by atoms with van der Waals surface area (Å²) in [6.07, 6.45) is 3.83. The van der Waals surface area contributed by atoms with E-state index in [2.05, 4.69) is 0 Å². The van der Waals surface area contributed by atoms with E-state index < -0.39 is 9.84 Å². The van der Waals surface area contributed by atoms with Gasteiger partial charge in [-0.1, -0.05) is 18.0 Å². The molecule has 0 unspecified atom stereocenters. The summed E-state index contributed by atoms with van der Waals surface area (Å²) in [6.45, 7) is 0. The molecule has 0 radical (unpaired) electrons. The monoisotopic (exact) mass is 300 g/mol. The summed E-state index contributed by atoms with van der Waals surface area (Å²) in [5.74, 6) is 0.179. The third-order valence-electron chi connectivity index (χ3n) is 3.59. The molecular formula is C14H17ClO3S. The third kappa shape index (κ3) is 3.80. The zero-order valence-electron chi connectivity index (χ0n) is 10.6. The van der Waals surface area contributed by atoms with Crippen molar-refractivity contribution in [2.75, 3.05) is 5.75 Å². The topological polar surface area (TPSA) is 51.2 Å². The molecule has 3 nitrogen and oxygen atoms in total. The minimum atomic E-state index is -3.31. The van der Waals surface area contributed by atoms with Crippen molar-refractivity contribution in [1.82, 2.24) is 0 Å². The molecule has 0 amide bonds. The van der Waals surface area contributed by atoms with Crippen LogP contribution in [0.15, 0.2) is 29.2 Å². The maximum atomic E-state index is 12.1. The SMILES string of the molecule is O=C1CCCC[C@H]1CCS(=O)(=O)c1ccc(Cl)cc1. The lowest BCUT2D eigenvalue weighted by Crippen LogP contribution is -2.22. The number of hydrogen-bond acceptors (Lipinski definition) is 3. The summed E-state index contributed by atoms with van der Waals surface area (Å²) in [4.78, 5) is 12.0. The van der Waals surface area contributed by atoms with E-state index in [0.29, 0.717) is 17.9 Å². The molecule has 2 rings (SSSR count). The van der Waals surface area contributed by atoms with Gasteiger partial charge < -0.3 is 0 Å². The van der Waals surface area contributed by atoms with Crippen molar-refractivity contribution in [1.29, 1.82) is 0 Å². The van der Waals surface area contributed by atoms with Crippen molar-refractivity contribution >= 4 is 27.2 Å². The molecule has 104 valence electrons. The van der Waals surface area contributed by atoms with E-state index in [9.17, 15) is 13.2 Å². The quantitative estimate of drug-likeness (QED) is 0.857. The van der Waals surface area contributed by atoms with Crippen molar-refractivity contribution in [3.63, 3.8) is 0 Å². The van der Waals surface area contributed by atoms with E-state index in [4.69, 9.17) is 11.6 Å². The molecule has 1 fully saturated rings. The first-order valence-electron chi connectivity index (χ1n) is 6.50. The number of hydrogen-bond donors (Lipinski definition) is 0. The number of halogens is 1. The minimum absolute atomic E-state index is 0.0328. The zero-order chi connectivity index (χ0) is 13.9. The Hall–Kier alpha value is -0.870. The van der Waals surface area contributed by atoms with Gasteiger partial charge in [0.2, 0.25) is 0 Å². The van der Waals surface area contributed by atoms with Crippen LogP contribution in [0.3, 0.4) is 0 Å². The molecular weight excluding hydrogens is 284 g/mol. The highest BCUT2D eigenvalue weighted by Gasteiger charge is 2.24. The largest absolute Gasteiger partial charge is 0.299 e. The molecule has 0 spiro atoms. The highest BCUT2D eigenvalue weighted by molar-refractivity contribution is 7.91. The number of benzene rings is 1. The Labute approximate surface area is 118 Å². The standard InChI is InChI=1S/C14H17ClO3S/c15-12-5-7-13(8-6-12)19(17,18)10-9-11-3-1-2-4-14(11)16/h5-8,11H,1-4,9-10H2/t11-/m0/s1. The molecule has 5 heteroatoms. The van der Waals surface area contributed by atoms with Crippen LogP contribution in [-0.4, -0.2) is 20.0 Å². The van der Waals surface area contributed by atoms with Crippen LogP contribution in [0.4, 0.5) is 0 Å². The molecule has 0 aliphatic heterocycles. The van der Waals surface area contributed by atoms with Gasteiger partial charge in [-0.15, -0.1) is 0 Å². The maximum absolute atomic E-state index is 12.1. The molecule has 1 aromatic rings. The fraction of sp³-hybridized carbons (Fsp3) is 0.500. The molecule has 1 aliphatic carbocycles. The second-order valence-corrected chi connectivity index (χ2v) is 7.52. The van der Waals surface area contributed by atoms with Gasteiger partial charge in [0, 0.05) is 17.4 Å². The Kier molecular flexibility index (Phi) is 4.63. The van der Waals surface area contributed by atoms with Crippen molar-refractivity contribution < 1.29 is 13.2 Å². The first-order valence-corrected chi connectivity index (χ1v) is 8.53. The summed E-state index contributed by atoms with van der Waals surface area (Å²) in [6, 6.07) is 6.17. The van der Waals surface area contributed by atoms with Gasteiger partial charge in [0.05, 0.1) is 10.6 Å². The number of Topliss-reactive ketones (excluding diaryl/α,β-unsaturated/α-hetero) is 1. The van der Waals surface area contributed by atoms with Crippen molar-refractivity contribution in [3.05, 3.63) is 29.3 Å². The van der Waals surface area contributed by atoms with Gasteiger partial charge in [-0.3, -0.25) is 4.79 Å². The fourth-order valence-corrected chi connectivity index (χ4v) is 3.92. The average molecular weight is 301 g/mol. The molecule has 0 aromatic heterocycles. The van der Waals surface area contributed by atoms with Gasteiger partial charge in [0.15, 0.2) is 9.84 Å². The van der Waals surface area contributed by atoms with Crippen LogP contribution in [0.2, 0.25) is 5.02 Å². The van der Waals surface area contributed by atoms with Crippen molar-refractivity contribution in [2.24, 2.45) is 5.92 Å². The van der Waals surface area contributed by atoms with Gasteiger partial charge in [0.1, 0.15) is 5.78 Å². The Morgan fingerprint density at radius 2 is 1.84 bits per heavy atom. The van der Waals surface area contributed by atoms with Gasteiger partial charge >= 0.3 is 0 Å². The number of ketones is 1. The fourth-order valence-electron chi connectivity index (χ4n) is 2.42.